The number of anilines is 1. The molecular formula is C13H16N8O4. The predicted molar refractivity (Wildman–Crippen MR) is 83.4 cm³/mol. The van der Waals surface area contributed by atoms with Crippen LogP contribution in [0.3, 0.4) is 0 Å². The van der Waals surface area contributed by atoms with Gasteiger partial charge in [0.2, 0.25) is 5.95 Å². The monoisotopic (exact) mass is 348 g/mol. The van der Waals surface area contributed by atoms with Crippen molar-refractivity contribution in [2.75, 3.05) is 12.3 Å². The summed E-state index contributed by atoms with van der Waals surface area (Å²) in [5.74, 6) is -0.833. The minimum atomic E-state index is -0.800. The fraction of sp³-hybridized carbons (Fsp3) is 0.615. The number of aliphatic hydroxyl groups is 1. The Bertz CT molecular complexity index is 876. The topological polar surface area (TPSA) is 166 Å². The fourth-order valence-electron chi connectivity index (χ4n) is 3.23. The summed E-state index contributed by atoms with van der Waals surface area (Å²) < 4.78 is 19.3. The van der Waals surface area contributed by atoms with Gasteiger partial charge in [-0.15, -0.1) is 0 Å². The van der Waals surface area contributed by atoms with Crippen molar-refractivity contribution in [3.05, 3.63) is 16.8 Å². The number of hydrogen-bond acceptors (Lipinski definition) is 9. The van der Waals surface area contributed by atoms with Crippen LogP contribution in [0.15, 0.2) is 11.4 Å². The number of ether oxygens (including phenoxy) is 3. The molecule has 4 atom stereocenters. The van der Waals surface area contributed by atoms with Gasteiger partial charge >= 0.3 is 0 Å². The van der Waals surface area contributed by atoms with Crippen LogP contribution >= 0.6 is 0 Å². The molecule has 0 aromatic carbocycles. The Labute approximate surface area is 141 Å². The lowest BCUT2D eigenvalue weighted by molar-refractivity contribution is -0.199. The molecule has 12 heteroatoms. The number of nitrogens with zero attached hydrogens (tertiary/aromatic N) is 7. The van der Waals surface area contributed by atoms with E-state index in [1.54, 1.807) is 18.4 Å². The van der Waals surface area contributed by atoms with Crippen molar-refractivity contribution in [1.29, 1.82) is 0 Å². The highest BCUT2D eigenvalue weighted by Gasteiger charge is 2.55. The molecular weight excluding hydrogens is 332 g/mol. The molecule has 0 spiro atoms. The number of azide groups is 1. The number of rotatable bonds is 3. The number of nitrogen functional groups attached to an aromatic ring is 1. The molecule has 4 rings (SSSR count). The molecule has 2 aliphatic heterocycles. The van der Waals surface area contributed by atoms with E-state index in [4.69, 9.17) is 25.5 Å². The highest BCUT2D eigenvalue weighted by Crippen LogP contribution is 2.43. The highest BCUT2D eigenvalue weighted by atomic mass is 16.8. The summed E-state index contributed by atoms with van der Waals surface area (Å²) in [4.78, 5) is 14.9. The van der Waals surface area contributed by atoms with Gasteiger partial charge < -0.3 is 25.1 Å². The second-order valence-corrected chi connectivity index (χ2v) is 6.23. The molecule has 25 heavy (non-hydrogen) atoms. The van der Waals surface area contributed by atoms with Crippen molar-refractivity contribution in [2.24, 2.45) is 5.11 Å². The molecule has 0 saturated carbocycles. The number of nitrogens with two attached hydrogens (primary N) is 1. The van der Waals surface area contributed by atoms with Crippen LogP contribution in [0, 0.1) is 0 Å². The summed E-state index contributed by atoms with van der Waals surface area (Å²) >= 11 is 0. The number of aliphatic hydroxyl groups excluding tert-OH is 1. The molecule has 2 aromatic heterocycles. The van der Waals surface area contributed by atoms with Gasteiger partial charge in [-0.3, -0.25) is 4.57 Å². The molecule has 2 aliphatic rings. The second kappa shape index (κ2) is 5.51. The Hall–Kier alpha value is -2.50. The zero-order chi connectivity index (χ0) is 17.8. The van der Waals surface area contributed by atoms with Crippen molar-refractivity contribution in [2.45, 2.75) is 44.2 Å². The molecule has 2 saturated heterocycles. The van der Waals surface area contributed by atoms with E-state index in [2.05, 4.69) is 25.0 Å². The fourth-order valence-corrected chi connectivity index (χ4v) is 3.23. The van der Waals surface area contributed by atoms with Gasteiger partial charge in [0, 0.05) is 4.91 Å². The molecule has 2 fully saturated rings. The van der Waals surface area contributed by atoms with Gasteiger partial charge in [0.25, 0.3) is 0 Å². The molecule has 0 bridgehead atoms. The van der Waals surface area contributed by atoms with Crippen LogP contribution in [0.4, 0.5) is 11.8 Å². The van der Waals surface area contributed by atoms with Crippen LogP contribution in [0.25, 0.3) is 21.6 Å². The highest BCUT2D eigenvalue weighted by molar-refractivity contribution is 5.82. The van der Waals surface area contributed by atoms with E-state index in [-0.39, 0.29) is 18.4 Å². The third-order valence-electron chi connectivity index (χ3n) is 4.15. The summed E-state index contributed by atoms with van der Waals surface area (Å²) in [5.41, 5.74) is 15.1. The standard InChI is InChI=1S/C13H16N8O4/c1-13(2)24-7-5(3-22)23-11(8(7)25-13)21-4-16-6-9(14)17-12(19-20-15)18-10(6)21/h4-5,7-8,11,22H,3H2,1-2H3,(H2,14,17,18)/t5-,7-,8-,11-/m1/s1. The molecule has 4 heterocycles. The van der Waals surface area contributed by atoms with Crippen molar-refractivity contribution >= 4 is 22.9 Å². The first-order valence-corrected chi connectivity index (χ1v) is 7.60. The molecule has 3 N–H and O–H groups in total. The maximum absolute atomic E-state index is 9.58. The van der Waals surface area contributed by atoms with E-state index >= 15 is 0 Å². The lowest BCUT2D eigenvalue weighted by atomic mass is 10.1. The Morgan fingerprint density at radius 1 is 1.40 bits per heavy atom. The Morgan fingerprint density at radius 2 is 2.16 bits per heavy atom. The first kappa shape index (κ1) is 16.0. The largest absolute Gasteiger partial charge is 0.394 e. The van der Waals surface area contributed by atoms with Gasteiger partial charge in [-0.1, -0.05) is 0 Å². The minimum Gasteiger partial charge on any atom is -0.394 e. The van der Waals surface area contributed by atoms with Crippen LogP contribution in [0.2, 0.25) is 0 Å². The van der Waals surface area contributed by atoms with E-state index in [1.165, 1.54) is 6.33 Å². The van der Waals surface area contributed by atoms with Crippen molar-refractivity contribution < 1.29 is 19.3 Å². The quantitative estimate of drug-likeness (QED) is 0.465. The van der Waals surface area contributed by atoms with E-state index in [0.717, 1.165) is 0 Å². The van der Waals surface area contributed by atoms with E-state index in [9.17, 15) is 5.11 Å². The van der Waals surface area contributed by atoms with Crippen molar-refractivity contribution in [1.82, 2.24) is 19.5 Å². The number of hydrogen-bond donors (Lipinski definition) is 2. The predicted octanol–water partition coefficient (Wildman–Crippen LogP) is 0.760. The Morgan fingerprint density at radius 3 is 2.88 bits per heavy atom. The van der Waals surface area contributed by atoms with Crippen molar-refractivity contribution in [3.8, 4) is 0 Å². The number of aromatic nitrogens is 4. The molecule has 0 unspecified atom stereocenters. The van der Waals surface area contributed by atoms with Gasteiger partial charge in [0.15, 0.2) is 23.5 Å². The zero-order valence-corrected chi connectivity index (χ0v) is 13.5. The first-order valence-electron chi connectivity index (χ1n) is 7.60. The Balaban J connectivity index is 1.80. The molecule has 2 aromatic rings. The van der Waals surface area contributed by atoms with Gasteiger partial charge in [0.1, 0.15) is 23.8 Å². The first-order chi connectivity index (χ1) is 11.9. The third-order valence-corrected chi connectivity index (χ3v) is 4.15. The molecule has 0 radical (unpaired) electrons. The van der Waals surface area contributed by atoms with Crippen LogP contribution in [0.5, 0.6) is 0 Å². The molecule has 132 valence electrons. The van der Waals surface area contributed by atoms with Gasteiger partial charge in [-0.25, -0.2) is 15.0 Å². The maximum atomic E-state index is 9.58. The van der Waals surface area contributed by atoms with E-state index < -0.39 is 30.3 Å². The Kier molecular flexibility index (Phi) is 3.52. The van der Waals surface area contributed by atoms with Crippen LogP contribution in [-0.2, 0) is 14.2 Å². The van der Waals surface area contributed by atoms with Crippen molar-refractivity contribution in [3.63, 3.8) is 0 Å². The van der Waals surface area contributed by atoms with Gasteiger partial charge in [0.05, 0.1) is 12.9 Å². The summed E-state index contributed by atoms with van der Waals surface area (Å²) in [6.07, 6.45) is -0.597. The smallest absolute Gasteiger partial charge is 0.220 e. The summed E-state index contributed by atoms with van der Waals surface area (Å²) in [6.45, 7) is 3.37. The summed E-state index contributed by atoms with van der Waals surface area (Å²) in [5, 5.41) is 13.0. The third kappa shape index (κ3) is 2.47. The normalized spacial score (nSPS) is 30.4. The second-order valence-electron chi connectivity index (χ2n) is 6.23. The van der Waals surface area contributed by atoms with Gasteiger partial charge in [-0.2, -0.15) is 0 Å². The molecule has 0 amide bonds. The van der Waals surface area contributed by atoms with Gasteiger partial charge in [-0.05, 0) is 24.5 Å². The number of fused-ring (bicyclic) bond motifs is 2. The average Bonchev–Trinajstić information content (AvgIpc) is 3.18. The molecule has 12 nitrogen and oxygen atoms in total. The maximum Gasteiger partial charge on any atom is 0.220 e. The van der Waals surface area contributed by atoms with Crippen LogP contribution < -0.4 is 5.73 Å². The molecule has 0 aliphatic carbocycles. The minimum absolute atomic E-state index is 0.0864. The summed E-state index contributed by atoms with van der Waals surface area (Å²) in [7, 11) is 0. The lowest BCUT2D eigenvalue weighted by Crippen LogP contribution is -2.31. The van der Waals surface area contributed by atoms with Crippen LogP contribution in [0.1, 0.15) is 20.1 Å². The lowest BCUT2D eigenvalue weighted by Gasteiger charge is -2.24. The van der Waals surface area contributed by atoms with Crippen LogP contribution in [-0.4, -0.2) is 55.3 Å². The number of imidazole rings is 1. The zero-order valence-electron chi connectivity index (χ0n) is 13.5. The average molecular weight is 348 g/mol. The summed E-state index contributed by atoms with van der Waals surface area (Å²) in [6, 6.07) is 0. The van der Waals surface area contributed by atoms with E-state index in [1.807, 2.05) is 0 Å². The SMILES string of the molecule is CC1(C)O[C@@H]2[C@H](O1)[C@@H](CO)O[C@H]2n1cnc2c(N)nc(N=[N+]=[N-])nc21. The van der Waals surface area contributed by atoms with E-state index in [0.29, 0.717) is 11.2 Å².